The molecule has 1 fully saturated rings. The van der Waals surface area contributed by atoms with Gasteiger partial charge in [-0.25, -0.2) is 4.39 Å². The standard InChI is InChI=1S/C30H35F/c1-3-5-6-8-25-11-15-26(16-12-25)17-18-28-20-22-29(30(31)23-28)21-19-27-13-9-24(7-4-2)10-14-27/h9-10,13-14,20,22-23,25-26H,3,5-6,8,11-12,15-18H2,1-2H3. The van der Waals surface area contributed by atoms with E-state index in [9.17, 15) is 4.39 Å². The van der Waals surface area contributed by atoms with Crippen molar-refractivity contribution in [1.29, 1.82) is 0 Å². The van der Waals surface area contributed by atoms with Crippen LogP contribution in [0.3, 0.4) is 0 Å². The molecule has 0 unspecified atom stereocenters. The Labute approximate surface area is 188 Å². The van der Waals surface area contributed by atoms with Crippen LogP contribution in [0.1, 0.15) is 93.9 Å². The van der Waals surface area contributed by atoms with E-state index in [0.717, 1.165) is 34.9 Å². The van der Waals surface area contributed by atoms with Crippen LogP contribution in [-0.4, -0.2) is 0 Å². The van der Waals surface area contributed by atoms with Gasteiger partial charge >= 0.3 is 0 Å². The van der Waals surface area contributed by atoms with E-state index in [1.807, 2.05) is 43.3 Å². The van der Waals surface area contributed by atoms with Crippen molar-refractivity contribution in [2.75, 3.05) is 0 Å². The van der Waals surface area contributed by atoms with E-state index < -0.39 is 0 Å². The molecule has 0 atom stereocenters. The molecule has 0 aromatic heterocycles. The molecule has 0 nitrogen and oxygen atoms in total. The molecule has 31 heavy (non-hydrogen) atoms. The van der Waals surface area contributed by atoms with E-state index in [4.69, 9.17) is 0 Å². The van der Waals surface area contributed by atoms with Gasteiger partial charge in [-0.05, 0) is 73.6 Å². The third-order valence-corrected chi connectivity index (χ3v) is 6.55. The Kier molecular flexibility index (Phi) is 9.24. The van der Waals surface area contributed by atoms with Crippen molar-refractivity contribution < 1.29 is 4.39 Å². The third kappa shape index (κ3) is 7.60. The lowest BCUT2D eigenvalue weighted by atomic mass is 9.78. The summed E-state index contributed by atoms with van der Waals surface area (Å²) in [6.45, 7) is 4.10. The van der Waals surface area contributed by atoms with Gasteiger partial charge in [0, 0.05) is 11.1 Å². The highest BCUT2D eigenvalue weighted by Gasteiger charge is 2.20. The van der Waals surface area contributed by atoms with Crippen molar-refractivity contribution >= 4 is 0 Å². The minimum atomic E-state index is -0.210. The molecule has 0 amide bonds. The molecule has 2 aromatic rings. The van der Waals surface area contributed by atoms with E-state index in [2.05, 4.69) is 30.6 Å². The first-order valence-corrected chi connectivity index (χ1v) is 12.0. The van der Waals surface area contributed by atoms with Gasteiger partial charge in [-0.3, -0.25) is 0 Å². The topological polar surface area (TPSA) is 0 Å². The number of hydrogen-bond acceptors (Lipinski definition) is 0. The summed E-state index contributed by atoms with van der Waals surface area (Å²) < 4.78 is 14.6. The Hall–Kier alpha value is -2.51. The number of rotatable bonds is 7. The highest BCUT2D eigenvalue weighted by molar-refractivity contribution is 5.46. The van der Waals surface area contributed by atoms with E-state index >= 15 is 0 Å². The Morgan fingerprint density at radius 3 is 2.06 bits per heavy atom. The molecule has 162 valence electrons. The van der Waals surface area contributed by atoms with Crippen LogP contribution in [0.4, 0.5) is 4.39 Å². The zero-order valence-corrected chi connectivity index (χ0v) is 19.1. The molecular weight excluding hydrogens is 379 g/mol. The molecule has 1 aliphatic carbocycles. The molecule has 0 bridgehead atoms. The molecule has 1 saturated carbocycles. The molecule has 1 aliphatic rings. The van der Waals surface area contributed by atoms with Gasteiger partial charge in [0.05, 0.1) is 5.56 Å². The summed E-state index contributed by atoms with van der Waals surface area (Å²) in [5.74, 6) is 13.5. The van der Waals surface area contributed by atoms with Crippen LogP contribution in [0.15, 0.2) is 42.5 Å². The van der Waals surface area contributed by atoms with E-state index in [-0.39, 0.29) is 5.82 Å². The predicted octanol–water partition coefficient (Wildman–Crippen LogP) is 7.92. The lowest BCUT2D eigenvalue weighted by Gasteiger charge is -2.28. The third-order valence-electron chi connectivity index (χ3n) is 6.55. The smallest absolute Gasteiger partial charge is 0.139 e. The summed E-state index contributed by atoms with van der Waals surface area (Å²) in [5.41, 5.74) is 3.40. The fraction of sp³-hybridized carbons (Fsp3) is 0.467. The minimum absolute atomic E-state index is 0.210. The van der Waals surface area contributed by atoms with Crippen LogP contribution in [0.25, 0.3) is 0 Å². The van der Waals surface area contributed by atoms with Gasteiger partial charge in [0.2, 0.25) is 0 Å². The fourth-order valence-electron chi connectivity index (χ4n) is 4.60. The second-order valence-corrected chi connectivity index (χ2v) is 8.94. The van der Waals surface area contributed by atoms with Crippen molar-refractivity contribution in [3.8, 4) is 23.7 Å². The maximum absolute atomic E-state index is 14.6. The first-order chi connectivity index (χ1) is 15.2. The first-order valence-electron chi connectivity index (χ1n) is 12.0. The molecule has 0 aliphatic heterocycles. The number of halogens is 1. The number of hydrogen-bond donors (Lipinski definition) is 0. The summed E-state index contributed by atoms with van der Waals surface area (Å²) in [4.78, 5) is 0. The molecule has 0 N–H and O–H groups in total. The summed E-state index contributed by atoms with van der Waals surface area (Å²) >= 11 is 0. The predicted molar refractivity (Wildman–Crippen MR) is 129 cm³/mol. The Balaban J connectivity index is 1.48. The van der Waals surface area contributed by atoms with Crippen LogP contribution in [0.5, 0.6) is 0 Å². The second-order valence-electron chi connectivity index (χ2n) is 8.94. The zero-order chi connectivity index (χ0) is 21.9. The average Bonchev–Trinajstić information content (AvgIpc) is 2.79. The van der Waals surface area contributed by atoms with Gasteiger partial charge in [-0.2, -0.15) is 0 Å². The van der Waals surface area contributed by atoms with Gasteiger partial charge in [0.15, 0.2) is 0 Å². The monoisotopic (exact) mass is 414 g/mol. The van der Waals surface area contributed by atoms with Crippen molar-refractivity contribution in [3.63, 3.8) is 0 Å². The quantitative estimate of drug-likeness (QED) is 0.319. The summed E-state index contributed by atoms with van der Waals surface area (Å²) in [6, 6.07) is 13.3. The molecule has 1 heteroatoms. The van der Waals surface area contributed by atoms with Crippen molar-refractivity contribution in [3.05, 3.63) is 70.5 Å². The zero-order valence-electron chi connectivity index (χ0n) is 19.1. The summed E-state index contributed by atoms with van der Waals surface area (Å²) in [6.07, 6.45) is 13.2. The van der Waals surface area contributed by atoms with E-state index in [0.29, 0.717) is 5.56 Å². The Bertz CT molecular complexity index is 938. The number of aryl methyl sites for hydroxylation is 1. The van der Waals surface area contributed by atoms with Crippen molar-refractivity contribution in [2.45, 2.75) is 78.1 Å². The molecule has 0 saturated heterocycles. The normalized spacial score (nSPS) is 17.9. The fourth-order valence-corrected chi connectivity index (χ4v) is 4.60. The lowest BCUT2D eigenvalue weighted by molar-refractivity contribution is 0.249. The molecule has 2 aromatic carbocycles. The highest BCUT2D eigenvalue weighted by Crippen LogP contribution is 2.34. The van der Waals surface area contributed by atoms with Crippen molar-refractivity contribution in [1.82, 2.24) is 0 Å². The largest absolute Gasteiger partial charge is 0.206 e. The lowest BCUT2D eigenvalue weighted by Crippen LogP contribution is -2.15. The molecule has 3 rings (SSSR count). The van der Waals surface area contributed by atoms with Crippen LogP contribution >= 0.6 is 0 Å². The van der Waals surface area contributed by atoms with Gasteiger partial charge in [0.25, 0.3) is 0 Å². The number of unbranched alkanes of at least 4 members (excludes halogenated alkanes) is 2. The first kappa shape index (κ1) is 23.2. The molecule has 0 spiro atoms. The van der Waals surface area contributed by atoms with Crippen LogP contribution in [0, 0.1) is 41.3 Å². The molecule has 0 heterocycles. The average molecular weight is 415 g/mol. The Morgan fingerprint density at radius 1 is 0.806 bits per heavy atom. The molecule has 0 radical (unpaired) electrons. The van der Waals surface area contributed by atoms with Crippen LogP contribution in [-0.2, 0) is 6.42 Å². The number of benzene rings is 2. The van der Waals surface area contributed by atoms with Gasteiger partial charge in [0.1, 0.15) is 5.82 Å². The maximum Gasteiger partial charge on any atom is 0.139 e. The maximum atomic E-state index is 14.6. The Morgan fingerprint density at radius 2 is 1.45 bits per heavy atom. The van der Waals surface area contributed by atoms with Gasteiger partial charge in [-0.1, -0.05) is 82.1 Å². The second kappa shape index (κ2) is 12.4. The van der Waals surface area contributed by atoms with Crippen LogP contribution < -0.4 is 0 Å². The summed E-state index contributed by atoms with van der Waals surface area (Å²) in [7, 11) is 0. The van der Waals surface area contributed by atoms with Crippen LogP contribution in [0.2, 0.25) is 0 Å². The van der Waals surface area contributed by atoms with E-state index in [1.54, 1.807) is 6.07 Å². The van der Waals surface area contributed by atoms with Gasteiger partial charge in [-0.15, -0.1) is 5.92 Å². The minimum Gasteiger partial charge on any atom is -0.206 e. The highest BCUT2D eigenvalue weighted by atomic mass is 19.1. The van der Waals surface area contributed by atoms with Gasteiger partial charge < -0.3 is 0 Å². The van der Waals surface area contributed by atoms with E-state index in [1.165, 1.54) is 57.8 Å². The SMILES string of the molecule is CC#Cc1ccc(C#Cc2ccc(CCC3CCC(CCCCC)CC3)cc2F)cc1. The molecular formula is C30H35F. The summed E-state index contributed by atoms with van der Waals surface area (Å²) in [5, 5.41) is 0. The van der Waals surface area contributed by atoms with Crippen molar-refractivity contribution in [2.24, 2.45) is 11.8 Å².